The van der Waals surface area contributed by atoms with Gasteiger partial charge in [-0.05, 0) is 36.8 Å². The van der Waals surface area contributed by atoms with Crippen molar-refractivity contribution in [2.45, 2.75) is 11.8 Å². The molecule has 0 saturated heterocycles. The highest BCUT2D eigenvalue weighted by Gasteiger charge is 2.12. The Morgan fingerprint density at radius 3 is 2.68 bits per heavy atom. The van der Waals surface area contributed by atoms with Gasteiger partial charge in [-0.2, -0.15) is 0 Å². The monoisotopic (exact) mass is 294 g/mol. The third kappa shape index (κ3) is 3.58. The molecular weight excluding hydrogens is 283 g/mol. The molecule has 0 saturated carbocycles. The molecule has 2 rings (SSSR count). The van der Waals surface area contributed by atoms with Gasteiger partial charge in [-0.1, -0.05) is 29.8 Å². The van der Waals surface area contributed by atoms with Crippen LogP contribution in [0, 0.1) is 12.7 Å². The molecule has 2 aromatic carbocycles. The lowest BCUT2D eigenvalue weighted by molar-refractivity contribution is 0.101. The summed E-state index contributed by atoms with van der Waals surface area (Å²) < 4.78 is 13.6. The lowest BCUT2D eigenvalue weighted by atomic mass is 10.1. The number of carbonyl (C=O) groups excluding carboxylic acids is 1. The van der Waals surface area contributed by atoms with E-state index in [1.807, 2.05) is 31.2 Å². The van der Waals surface area contributed by atoms with E-state index >= 15 is 0 Å². The number of aryl methyl sites for hydroxylation is 1. The maximum absolute atomic E-state index is 13.6. The van der Waals surface area contributed by atoms with Gasteiger partial charge < -0.3 is 0 Å². The molecule has 98 valence electrons. The predicted molar refractivity (Wildman–Crippen MR) is 77.6 cm³/mol. The summed E-state index contributed by atoms with van der Waals surface area (Å²) in [5.74, 6) is -0.589. The SMILES string of the molecule is Cc1ccccc1SCC(=O)c1ccc(Cl)cc1F. The fourth-order valence-electron chi connectivity index (χ4n) is 1.66. The average molecular weight is 295 g/mol. The third-order valence-electron chi connectivity index (χ3n) is 2.68. The van der Waals surface area contributed by atoms with Gasteiger partial charge in [0.25, 0.3) is 0 Å². The Kier molecular flexibility index (Phi) is 4.61. The Morgan fingerprint density at radius 2 is 2.00 bits per heavy atom. The van der Waals surface area contributed by atoms with E-state index in [1.54, 1.807) is 0 Å². The molecular formula is C15H12ClFOS. The second kappa shape index (κ2) is 6.22. The van der Waals surface area contributed by atoms with Crippen LogP contribution in [0.15, 0.2) is 47.4 Å². The molecule has 0 spiro atoms. The van der Waals surface area contributed by atoms with Gasteiger partial charge in [0.1, 0.15) is 5.82 Å². The Bertz CT molecular complexity index is 613. The standard InChI is InChI=1S/C15H12ClFOS/c1-10-4-2-3-5-15(10)19-9-14(18)12-7-6-11(16)8-13(12)17/h2-8H,9H2,1H3. The number of hydrogen-bond donors (Lipinski definition) is 0. The number of carbonyl (C=O) groups is 1. The minimum absolute atomic E-state index is 0.0884. The van der Waals surface area contributed by atoms with Crippen molar-refractivity contribution in [1.82, 2.24) is 0 Å². The van der Waals surface area contributed by atoms with Crippen molar-refractivity contribution in [1.29, 1.82) is 0 Å². The topological polar surface area (TPSA) is 17.1 Å². The molecule has 0 heterocycles. The molecule has 0 aliphatic carbocycles. The van der Waals surface area contributed by atoms with E-state index < -0.39 is 5.82 Å². The van der Waals surface area contributed by atoms with Crippen molar-refractivity contribution < 1.29 is 9.18 Å². The highest BCUT2D eigenvalue weighted by molar-refractivity contribution is 8.00. The van der Waals surface area contributed by atoms with E-state index in [1.165, 1.54) is 23.9 Å². The van der Waals surface area contributed by atoms with Crippen LogP contribution in [0.5, 0.6) is 0 Å². The van der Waals surface area contributed by atoms with Crippen molar-refractivity contribution in [3.8, 4) is 0 Å². The first-order valence-corrected chi connectivity index (χ1v) is 7.11. The largest absolute Gasteiger partial charge is 0.293 e. The van der Waals surface area contributed by atoms with Crippen molar-refractivity contribution in [3.63, 3.8) is 0 Å². The summed E-state index contributed by atoms with van der Waals surface area (Å²) in [5.41, 5.74) is 1.20. The van der Waals surface area contributed by atoms with E-state index in [2.05, 4.69) is 0 Å². The Hall–Kier alpha value is -1.32. The van der Waals surface area contributed by atoms with Gasteiger partial charge in [0.15, 0.2) is 5.78 Å². The number of benzene rings is 2. The molecule has 19 heavy (non-hydrogen) atoms. The molecule has 0 fully saturated rings. The maximum Gasteiger partial charge on any atom is 0.176 e. The number of rotatable bonds is 4. The van der Waals surface area contributed by atoms with Crippen molar-refractivity contribution in [2.24, 2.45) is 0 Å². The van der Waals surface area contributed by atoms with Gasteiger partial charge in [0.05, 0.1) is 11.3 Å². The summed E-state index contributed by atoms with van der Waals surface area (Å²) in [6.07, 6.45) is 0. The smallest absolute Gasteiger partial charge is 0.176 e. The van der Waals surface area contributed by atoms with Crippen LogP contribution in [0.4, 0.5) is 4.39 Å². The molecule has 0 unspecified atom stereocenters. The molecule has 0 aromatic heterocycles. The van der Waals surface area contributed by atoms with E-state index in [4.69, 9.17) is 11.6 Å². The fraction of sp³-hybridized carbons (Fsp3) is 0.133. The van der Waals surface area contributed by atoms with E-state index in [0.717, 1.165) is 16.5 Å². The second-order valence-corrected chi connectivity index (χ2v) is 5.56. The first-order valence-electron chi connectivity index (χ1n) is 5.74. The van der Waals surface area contributed by atoms with Crippen molar-refractivity contribution in [2.75, 3.05) is 5.75 Å². The van der Waals surface area contributed by atoms with Gasteiger partial charge in [-0.3, -0.25) is 4.79 Å². The first-order chi connectivity index (χ1) is 9.08. The van der Waals surface area contributed by atoms with Gasteiger partial charge >= 0.3 is 0 Å². The van der Waals surface area contributed by atoms with E-state index in [-0.39, 0.29) is 17.1 Å². The summed E-state index contributed by atoms with van der Waals surface area (Å²) in [6, 6.07) is 11.9. The third-order valence-corrected chi connectivity index (χ3v) is 4.09. The number of hydrogen-bond acceptors (Lipinski definition) is 2. The van der Waals surface area contributed by atoms with Crippen LogP contribution in [0.1, 0.15) is 15.9 Å². The van der Waals surface area contributed by atoms with Crippen molar-refractivity contribution in [3.05, 3.63) is 64.4 Å². The molecule has 2 aromatic rings. The second-order valence-electron chi connectivity index (χ2n) is 4.10. The summed E-state index contributed by atoms with van der Waals surface area (Å²) >= 11 is 7.07. The minimum atomic E-state index is -0.567. The van der Waals surface area contributed by atoms with Gasteiger partial charge in [0.2, 0.25) is 0 Å². The molecule has 0 aliphatic heterocycles. The molecule has 0 amide bonds. The highest BCUT2D eigenvalue weighted by atomic mass is 35.5. The number of ketones is 1. The van der Waals surface area contributed by atoms with Gasteiger partial charge in [0, 0.05) is 9.92 Å². The normalized spacial score (nSPS) is 10.5. The first kappa shape index (κ1) is 14.1. The average Bonchev–Trinajstić information content (AvgIpc) is 2.37. The summed E-state index contributed by atoms with van der Waals surface area (Å²) in [5, 5.41) is 0.292. The Labute approximate surface area is 120 Å². The summed E-state index contributed by atoms with van der Waals surface area (Å²) in [7, 11) is 0. The lowest BCUT2D eigenvalue weighted by Gasteiger charge is -2.05. The van der Waals surface area contributed by atoms with Crippen LogP contribution < -0.4 is 0 Å². The van der Waals surface area contributed by atoms with Crippen LogP contribution in [-0.2, 0) is 0 Å². The van der Waals surface area contributed by atoms with Crippen LogP contribution in [0.2, 0.25) is 5.02 Å². The highest BCUT2D eigenvalue weighted by Crippen LogP contribution is 2.24. The fourth-order valence-corrected chi connectivity index (χ4v) is 2.73. The molecule has 0 bridgehead atoms. The molecule has 0 radical (unpaired) electrons. The number of Topliss-reactive ketones (excluding diaryl/α,β-unsaturated/α-hetero) is 1. The van der Waals surface area contributed by atoms with E-state index in [9.17, 15) is 9.18 Å². The number of halogens is 2. The van der Waals surface area contributed by atoms with Crippen LogP contribution in [0.25, 0.3) is 0 Å². The lowest BCUT2D eigenvalue weighted by Crippen LogP contribution is -2.05. The molecule has 1 nitrogen and oxygen atoms in total. The Balaban J connectivity index is 2.08. The summed E-state index contributed by atoms with van der Waals surface area (Å²) in [6.45, 7) is 1.98. The minimum Gasteiger partial charge on any atom is -0.293 e. The molecule has 0 atom stereocenters. The zero-order valence-corrected chi connectivity index (χ0v) is 11.9. The van der Waals surface area contributed by atoms with Crippen LogP contribution >= 0.6 is 23.4 Å². The number of thioether (sulfide) groups is 1. The van der Waals surface area contributed by atoms with Crippen molar-refractivity contribution >= 4 is 29.1 Å². The zero-order valence-electron chi connectivity index (χ0n) is 10.3. The van der Waals surface area contributed by atoms with Gasteiger partial charge in [-0.25, -0.2) is 4.39 Å². The molecule has 4 heteroatoms. The van der Waals surface area contributed by atoms with E-state index in [0.29, 0.717) is 5.02 Å². The molecule has 0 aliphatic rings. The van der Waals surface area contributed by atoms with Crippen LogP contribution in [0.3, 0.4) is 0 Å². The van der Waals surface area contributed by atoms with Crippen LogP contribution in [-0.4, -0.2) is 11.5 Å². The molecule has 0 N–H and O–H groups in total. The summed E-state index contributed by atoms with van der Waals surface area (Å²) in [4.78, 5) is 13.0. The predicted octanol–water partition coefficient (Wildman–Crippen LogP) is 4.76. The van der Waals surface area contributed by atoms with Gasteiger partial charge in [-0.15, -0.1) is 11.8 Å². The maximum atomic E-state index is 13.6. The zero-order chi connectivity index (χ0) is 13.8. The Morgan fingerprint density at radius 1 is 1.26 bits per heavy atom. The quantitative estimate of drug-likeness (QED) is 0.597.